The monoisotopic (exact) mass is 615 g/mol. The van der Waals surface area contributed by atoms with Crippen LogP contribution < -0.4 is 10.6 Å². The van der Waals surface area contributed by atoms with E-state index >= 15 is 0 Å². The quantitative estimate of drug-likeness (QED) is 0.366. The number of rotatable bonds is 11. The summed E-state index contributed by atoms with van der Waals surface area (Å²) in [5.41, 5.74) is 1.35. The smallest absolute Gasteiger partial charge is 0.244 e. The highest BCUT2D eigenvalue weighted by molar-refractivity contribution is 7.99. The van der Waals surface area contributed by atoms with Crippen molar-refractivity contribution in [2.24, 2.45) is 5.92 Å². The number of carbonyl (C=O) groups is 2. The Balaban J connectivity index is 1.15. The van der Waals surface area contributed by atoms with Gasteiger partial charge < -0.3 is 20.3 Å². The Morgan fingerprint density at radius 3 is 2.45 bits per heavy atom. The normalized spacial score (nSPS) is 23.9. The average molecular weight is 616 g/mol. The Morgan fingerprint density at radius 1 is 0.976 bits per heavy atom. The number of nitrogens with zero attached hydrogens (tertiary/aromatic N) is 3. The van der Waals surface area contributed by atoms with E-state index in [1.165, 1.54) is 37.7 Å². The van der Waals surface area contributed by atoms with Crippen LogP contribution in [0.25, 0.3) is 0 Å². The van der Waals surface area contributed by atoms with Crippen molar-refractivity contribution in [2.75, 3.05) is 57.6 Å². The van der Waals surface area contributed by atoms with Gasteiger partial charge >= 0.3 is 0 Å². The molecule has 4 fully saturated rings. The molecule has 5 rings (SSSR count). The first-order valence-corrected chi connectivity index (χ1v) is 17.7. The number of likely N-dealkylation sites (tertiary alicyclic amines) is 1. The Kier molecular flexibility index (Phi) is 12.4. The number of nitrogens with one attached hydrogen (secondary N) is 2. The Hall–Kier alpha value is -1.72. The van der Waals surface area contributed by atoms with Crippen LogP contribution in [0, 0.1) is 5.92 Å². The van der Waals surface area contributed by atoms with E-state index in [4.69, 9.17) is 17.0 Å². The first-order chi connectivity index (χ1) is 20.5. The zero-order chi connectivity index (χ0) is 29.1. The van der Waals surface area contributed by atoms with Gasteiger partial charge in [-0.2, -0.15) is 0 Å². The number of morpholine rings is 1. The zero-order valence-electron chi connectivity index (χ0n) is 25.0. The van der Waals surface area contributed by atoms with E-state index in [9.17, 15) is 9.59 Å². The Morgan fingerprint density at radius 2 is 1.71 bits per heavy atom. The van der Waals surface area contributed by atoms with Crippen LogP contribution in [0.1, 0.15) is 63.4 Å². The summed E-state index contributed by atoms with van der Waals surface area (Å²) in [5.74, 6) is 1.89. The molecule has 3 saturated heterocycles. The SMILES string of the molecule is O=C(N[C@H](CCC1CCCCC1)C(=S)NC1CCN(Cc2ccccc2)CC1)[C@@H]1CSCN1C(=O)CN1CCOCC1. The molecule has 0 bridgehead atoms. The van der Waals surface area contributed by atoms with E-state index in [2.05, 4.69) is 50.8 Å². The summed E-state index contributed by atoms with van der Waals surface area (Å²) in [5, 5.41) is 6.98. The number of carbonyl (C=O) groups excluding carboxylic acids is 2. The maximum atomic E-state index is 13.7. The highest BCUT2D eigenvalue weighted by Crippen LogP contribution is 2.28. The summed E-state index contributed by atoms with van der Waals surface area (Å²) in [7, 11) is 0. The fourth-order valence-electron chi connectivity index (χ4n) is 6.74. The Labute approximate surface area is 261 Å². The minimum absolute atomic E-state index is 0.0313. The van der Waals surface area contributed by atoms with Crippen molar-refractivity contribution in [3.63, 3.8) is 0 Å². The number of hydrogen-bond donors (Lipinski definition) is 2. The van der Waals surface area contributed by atoms with E-state index in [-0.39, 0.29) is 17.9 Å². The molecule has 10 heteroatoms. The van der Waals surface area contributed by atoms with Crippen LogP contribution in [0.5, 0.6) is 0 Å². The first kappa shape index (κ1) is 31.7. The standard InChI is InChI=1S/C32H49N5O3S2/c38-30(22-36-17-19-40-20-18-36)37-24-42-23-29(37)31(39)34-28(12-11-25-7-3-1-4-8-25)32(41)33-27-13-15-35(16-14-27)21-26-9-5-2-6-10-26/h2,5-6,9-10,25,27-29H,1,3-4,7-8,11-24H2,(H,33,41)(H,34,39)/t28-,29+/m1/s1. The van der Waals surface area contributed by atoms with Crippen molar-refractivity contribution in [2.45, 2.75) is 82.5 Å². The molecule has 0 radical (unpaired) electrons. The summed E-state index contributed by atoms with van der Waals surface area (Å²) < 4.78 is 5.43. The number of thioether (sulfide) groups is 1. The van der Waals surface area contributed by atoms with Crippen LogP contribution in [0.3, 0.4) is 0 Å². The molecule has 2 amide bonds. The summed E-state index contributed by atoms with van der Waals surface area (Å²) >= 11 is 7.65. The lowest BCUT2D eigenvalue weighted by Crippen LogP contribution is -2.56. The molecular formula is C32H49N5O3S2. The fraction of sp³-hybridized carbons (Fsp3) is 0.719. The first-order valence-electron chi connectivity index (χ1n) is 16.1. The molecule has 42 heavy (non-hydrogen) atoms. The van der Waals surface area contributed by atoms with Gasteiger partial charge in [0.2, 0.25) is 11.8 Å². The summed E-state index contributed by atoms with van der Waals surface area (Å²) in [4.78, 5) is 34.0. The second-order valence-corrected chi connectivity index (χ2v) is 13.9. The largest absolute Gasteiger partial charge is 0.379 e. The predicted molar refractivity (Wildman–Crippen MR) is 173 cm³/mol. The van der Waals surface area contributed by atoms with Gasteiger partial charge in [0.25, 0.3) is 0 Å². The molecule has 1 aromatic carbocycles. The molecule has 3 aliphatic heterocycles. The number of hydrogen-bond acceptors (Lipinski definition) is 7. The van der Waals surface area contributed by atoms with Gasteiger partial charge in [0.15, 0.2) is 0 Å². The molecule has 2 atom stereocenters. The molecule has 232 valence electrons. The second-order valence-electron chi connectivity index (χ2n) is 12.5. The molecule has 0 spiro atoms. The topological polar surface area (TPSA) is 77.2 Å². The van der Waals surface area contributed by atoms with Crippen molar-refractivity contribution in [3.8, 4) is 0 Å². The van der Waals surface area contributed by atoms with Gasteiger partial charge in [-0.05, 0) is 37.2 Å². The summed E-state index contributed by atoms with van der Waals surface area (Å²) in [6.45, 7) is 6.24. The van der Waals surface area contributed by atoms with Crippen LogP contribution in [0.2, 0.25) is 0 Å². The van der Waals surface area contributed by atoms with Crippen LogP contribution in [-0.2, 0) is 20.9 Å². The van der Waals surface area contributed by atoms with Crippen molar-refractivity contribution in [3.05, 3.63) is 35.9 Å². The number of benzene rings is 1. The Bertz CT molecular complexity index is 1010. The molecule has 1 aromatic rings. The predicted octanol–water partition coefficient (Wildman–Crippen LogP) is 3.65. The van der Waals surface area contributed by atoms with E-state index in [1.807, 2.05) is 0 Å². The van der Waals surface area contributed by atoms with Gasteiger partial charge in [-0.25, -0.2) is 0 Å². The van der Waals surface area contributed by atoms with Crippen molar-refractivity contribution >= 4 is 40.8 Å². The minimum Gasteiger partial charge on any atom is -0.379 e. The summed E-state index contributed by atoms with van der Waals surface area (Å²) in [6, 6.07) is 10.4. The van der Waals surface area contributed by atoms with Crippen molar-refractivity contribution in [1.82, 2.24) is 25.3 Å². The highest BCUT2D eigenvalue weighted by Gasteiger charge is 2.37. The number of amides is 2. The van der Waals surface area contributed by atoms with Gasteiger partial charge in [0.1, 0.15) is 6.04 Å². The second kappa shape index (κ2) is 16.4. The third-order valence-corrected chi connectivity index (χ3v) is 10.8. The zero-order valence-corrected chi connectivity index (χ0v) is 26.6. The number of piperidine rings is 1. The molecule has 1 saturated carbocycles. The van der Waals surface area contributed by atoms with Crippen LogP contribution in [0.15, 0.2) is 30.3 Å². The third kappa shape index (κ3) is 9.39. The van der Waals surface area contributed by atoms with Gasteiger partial charge in [-0.3, -0.25) is 19.4 Å². The molecule has 1 aliphatic carbocycles. The molecule has 4 aliphatic rings. The van der Waals surface area contributed by atoms with Gasteiger partial charge in [0.05, 0.1) is 36.7 Å². The lowest BCUT2D eigenvalue weighted by molar-refractivity contribution is -0.139. The van der Waals surface area contributed by atoms with Crippen LogP contribution >= 0.6 is 24.0 Å². The van der Waals surface area contributed by atoms with E-state index in [0.717, 1.165) is 69.3 Å². The van der Waals surface area contributed by atoms with Crippen molar-refractivity contribution < 1.29 is 14.3 Å². The van der Waals surface area contributed by atoms with Crippen LogP contribution in [-0.4, -0.2) is 107 Å². The van der Waals surface area contributed by atoms with Gasteiger partial charge in [0, 0.05) is 44.5 Å². The average Bonchev–Trinajstić information content (AvgIpc) is 3.52. The number of thiocarbonyl (C=S) groups is 1. The molecule has 0 unspecified atom stereocenters. The molecule has 0 aromatic heterocycles. The van der Waals surface area contributed by atoms with Gasteiger partial charge in [-0.15, -0.1) is 11.8 Å². The summed E-state index contributed by atoms with van der Waals surface area (Å²) in [6.07, 6.45) is 10.6. The van der Waals surface area contributed by atoms with E-state index in [0.29, 0.717) is 37.4 Å². The highest BCUT2D eigenvalue weighted by atomic mass is 32.2. The number of ether oxygens (including phenoxy) is 1. The van der Waals surface area contributed by atoms with E-state index in [1.54, 1.807) is 16.7 Å². The van der Waals surface area contributed by atoms with E-state index < -0.39 is 6.04 Å². The molecule has 8 nitrogen and oxygen atoms in total. The molecule has 3 heterocycles. The van der Waals surface area contributed by atoms with Crippen molar-refractivity contribution in [1.29, 1.82) is 0 Å². The minimum atomic E-state index is -0.440. The lowest BCUT2D eigenvalue weighted by atomic mass is 9.85. The molecular weight excluding hydrogens is 567 g/mol. The maximum absolute atomic E-state index is 13.7. The third-order valence-electron chi connectivity index (χ3n) is 9.37. The van der Waals surface area contributed by atoms with Gasteiger partial charge in [-0.1, -0.05) is 74.7 Å². The fourth-order valence-corrected chi connectivity index (χ4v) is 8.26. The van der Waals surface area contributed by atoms with Crippen LogP contribution in [0.4, 0.5) is 0 Å². The molecule has 2 N–H and O–H groups in total. The maximum Gasteiger partial charge on any atom is 0.244 e. The lowest BCUT2D eigenvalue weighted by Gasteiger charge is -2.35.